The lowest BCUT2D eigenvalue weighted by Gasteiger charge is -2.39. The van der Waals surface area contributed by atoms with Crippen molar-refractivity contribution in [2.45, 2.75) is 69.8 Å². The molecule has 0 unspecified atom stereocenters. The highest BCUT2D eigenvalue weighted by Crippen LogP contribution is 2.33. The van der Waals surface area contributed by atoms with E-state index in [1.54, 1.807) is 18.4 Å². The Morgan fingerprint density at radius 3 is 2.83 bits per heavy atom. The Bertz CT molecular complexity index is 1520. The van der Waals surface area contributed by atoms with Gasteiger partial charge >= 0.3 is 0 Å². The molecule has 2 fully saturated rings. The lowest BCUT2D eigenvalue weighted by molar-refractivity contribution is -0.0272. The first-order valence-corrected chi connectivity index (χ1v) is 14.6. The molecule has 1 amide bonds. The van der Waals surface area contributed by atoms with Crippen molar-refractivity contribution in [1.29, 1.82) is 0 Å². The van der Waals surface area contributed by atoms with Gasteiger partial charge in [-0.15, -0.1) is 0 Å². The number of aliphatic hydroxyl groups is 2. The van der Waals surface area contributed by atoms with E-state index >= 15 is 0 Å². The van der Waals surface area contributed by atoms with E-state index < -0.39 is 5.60 Å². The number of carbonyl (C=O) groups is 1. The van der Waals surface area contributed by atoms with Crippen LogP contribution in [-0.4, -0.2) is 63.4 Å². The van der Waals surface area contributed by atoms with E-state index in [1.165, 1.54) is 12.1 Å². The normalized spacial score (nSPS) is 25.5. The molecule has 1 saturated heterocycles. The Morgan fingerprint density at radius 1 is 1.20 bits per heavy atom. The van der Waals surface area contributed by atoms with Gasteiger partial charge in [0.15, 0.2) is 0 Å². The predicted octanol–water partition coefficient (Wildman–Crippen LogP) is 5.13. The maximum Gasteiger partial charge on any atom is 0.267 e. The summed E-state index contributed by atoms with van der Waals surface area (Å²) < 4.78 is 25.1. The fraction of sp³-hybridized carbons (Fsp3) is 0.469. The number of ether oxygens (including phenoxy) is 1. The lowest BCUT2D eigenvalue weighted by Crippen LogP contribution is -2.47. The van der Waals surface area contributed by atoms with Gasteiger partial charge in [0.1, 0.15) is 29.5 Å². The van der Waals surface area contributed by atoms with Gasteiger partial charge in [0, 0.05) is 53.6 Å². The molecule has 1 aliphatic carbocycles. The van der Waals surface area contributed by atoms with Crippen molar-refractivity contribution in [1.82, 2.24) is 15.2 Å². The van der Waals surface area contributed by atoms with Crippen molar-refractivity contribution < 1.29 is 28.6 Å². The third-order valence-electron chi connectivity index (χ3n) is 8.96. The zero-order valence-corrected chi connectivity index (χ0v) is 23.4. The Balaban J connectivity index is 1.03. The average Bonchev–Trinajstić information content (AvgIpc) is 3.58. The highest BCUT2D eigenvalue weighted by molar-refractivity contribution is 5.99. The number of aliphatic hydroxyl groups excluding tert-OH is 1. The van der Waals surface area contributed by atoms with Crippen LogP contribution in [-0.2, 0) is 6.61 Å². The van der Waals surface area contributed by atoms with Gasteiger partial charge < -0.3 is 34.6 Å². The summed E-state index contributed by atoms with van der Waals surface area (Å²) in [4.78, 5) is 18.7. The van der Waals surface area contributed by atoms with Crippen LogP contribution in [0, 0.1) is 11.7 Å². The number of aromatic amines is 1. The molecule has 2 aromatic heterocycles. The van der Waals surface area contributed by atoms with Crippen LogP contribution in [0.2, 0.25) is 0 Å². The molecule has 1 aliphatic heterocycles. The lowest BCUT2D eigenvalue weighted by atomic mass is 9.80. The van der Waals surface area contributed by atoms with Crippen molar-refractivity contribution in [3.05, 3.63) is 65.8 Å². The number of likely N-dealkylation sites (tertiary alicyclic amines) is 1. The molecular weight excluding hydrogens is 525 g/mol. The molecule has 8 nitrogen and oxygen atoms in total. The summed E-state index contributed by atoms with van der Waals surface area (Å²) in [5, 5.41) is 25.9. The largest absolute Gasteiger partial charge is 0.488 e. The van der Waals surface area contributed by atoms with Gasteiger partial charge in [-0.2, -0.15) is 0 Å². The number of nitrogens with zero attached hydrogens (tertiary/aromatic N) is 1. The monoisotopic (exact) mass is 563 g/mol. The highest BCUT2D eigenvalue weighted by atomic mass is 19.1. The standard InChI is InChI=1S/C32H38FN3O5/c1-20-17-36(13-9-28(20)37)14-12-32(39)10-7-23(8-11-32)34-31(38)27-16-25-26(35-27)3-2-4-29(25)40-18-21-19-41-30-15-22(33)5-6-24(21)30/h2-6,15-16,19-20,23,28,35,37,39H,7-14,17-18H2,1H3,(H,34,38)/t20-,23-,28-,32+/m0/s1. The summed E-state index contributed by atoms with van der Waals surface area (Å²) in [5.74, 6) is 0.373. The fourth-order valence-electron chi connectivity index (χ4n) is 6.30. The van der Waals surface area contributed by atoms with E-state index in [1.807, 2.05) is 18.2 Å². The van der Waals surface area contributed by atoms with Gasteiger partial charge in [-0.25, -0.2) is 4.39 Å². The van der Waals surface area contributed by atoms with Crippen LogP contribution in [0.4, 0.5) is 4.39 Å². The molecule has 4 N–H and O–H groups in total. The molecule has 0 spiro atoms. The first-order chi connectivity index (χ1) is 19.8. The van der Waals surface area contributed by atoms with Gasteiger partial charge in [0.2, 0.25) is 0 Å². The summed E-state index contributed by atoms with van der Waals surface area (Å²) in [6.45, 7) is 4.90. The number of benzene rings is 2. The fourth-order valence-corrected chi connectivity index (χ4v) is 6.30. The number of H-pyrrole nitrogens is 1. The van der Waals surface area contributed by atoms with Gasteiger partial charge in [0.25, 0.3) is 5.91 Å². The Kier molecular flexibility index (Phi) is 7.76. The second-order valence-electron chi connectivity index (χ2n) is 11.9. The van der Waals surface area contributed by atoms with E-state index in [9.17, 15) is 19.4 Å². The number of hydrogen-bond acceptors (Lipinski definition) is 6. The predicted molar refractivity (Wildman–Crippen MR) is 154 cm³/mol. The molecule has 0 bridgehead atoms. The number of amides is 1. The zero-order valence-electron chi connectivity index (χ0n) is 23.4. The van der Waals surface area contributed by atoms with Gasteiger partial charge in [-0.05, 0) is 74.8 Å². The van der Waals surface area contributed by atoms with Crippen molar-refractivity contribution in [2.75, 3.05) is 19.6 Å². The van der Waals surface area contributed by atoms with E-state index in [4.69, 9.17) is 9.15 Å². The molecule has 9 heteroatoms. The van der Waals surface area contributed by atoms with Crippen molar-refractivity contribution in [2.24, 2.45) is 5.92 Å². The van der Waals surface area contributed by atoms with Crippen LogP contribution in [0.25, 0.3) is 21.9 Å². The van der Waals surface area contributed by atoms with Gasteiger partial charge in [-0.3, -0.25) is 4.79 Å². The first kappa shape index (κ1) is 27.8. The van der Waals surface area contributed by atoms with Crippen LogP contribution >= 0.6 is 0 Å². The molecule has 6 rings (SSSR count). The first-order valence-electron chi connectivity index (χ1n) is 14.6. The minimum Gasteiger partial charge on any atom is -0.488 e. The molecule has 1 saturated carbocycles. The maximum atomic E-state index is 13.5. The smallest absolute Gasteiger partial charge is 0.267 e. The van der Waals surface area contributed by atoms with Crippen LogP contribution < -0.4 is 10.1 Å². The minimum atomic E-state index is -0.706. The number of rotatable bonds is 8. The topological polar surface area (TPSA) is 111 Å². The number of hydrogen-bond donors (Lipinski definition) is 4. The molecule has 41 heavy (non-hydrogen) atoms. The van der Waals surface area contributed by atoms with E-state index in [2.05, 4.69) is 22.1 Å². The number of furan rings is 1. The second-order valence-corrected chi connectivity index (χ2v) is 11.9. The number of halogens is 1. The molecule has 218 valence electrons. The highest BCUT2D eigenvalue weighted by Gasteiger charge is 2.35. The molecule has 2 aromatic carbocycles. The molecule has 2 aliphatic rings. The number of nitrogens with one attached hydrogen (secondary N) is 2. The molecule has 0 radical (unpaired) electrons. The zero-order chi connectivity index (χ0) is 28.6. The number of piperidine rings is 1. The quantitative estimate of drug-likeness (QED) is 0.237. The third-order valence-corrected chi connectivity index (χ3v) is 8.96. The van der Waals surface area contributed by atoms with Crippen LogP contribution in [0.5, 0.6) is 5.75 Å². The Morgan fingerprint density at radius 2 is 2.02 bits per heavy atom. The number of carbonyl (C=O) groups excluding carboxylic acids is 1. The molecular formula is C32H38FN3O5. The summed E-state index contributed by atoms with van der Waals surface area (Å²) in [5.41, 5.74) is 1.84. The van der Waals surface area contributed by atoms with E-state index in [-0.39, 0.29) is 36.4 Å². The minimum absolute atomic E-state index is 0.00859. The van der Waals surface area contributed by atoms with Crippen LogP contribution in [0.15, 0.2) is 53.1 Å². The second kappa shape index (κ2) is 11.5. The van der Waals surface area contributed by atoms with Crippen molar-refractivity contribution >= 4 is 27.8 Å². The molecule has 2 atom stereocenters. The summed E-state index contributed by atoms with van der Waals surface area (Å²) in [7, 11) is 0. The molecule has 4 aromatic rings. The van der Waals surface area contributed by atoms with Crippen molar-refractivity contribution in [3.63, 3.8) is 0 Å². The summed E-state index contributed by atoms with van der Waals surface area (Å²) in [6, 6.07) is 11.9. The van der Waals surface area contributed by atoms with E-state index in [0.717, 1.165) is 60.7 Å². The van der Waals surface area contributed by atoms with E-state index in [0.29, 0.717) is 36.3 Å². The third kappa shape index (κ3) is 6.12. The Labute approximate surface area is 238 Å². The Hall–Kier alpha value is -3.40. The summed E-state index contributed by atoms with van der Waals surface area (Å²) in [6.07, 6.45) is 5.63. The van der Waals surface area contributed by atoms with Gasteiger partial charge in [-0.1, -0.05) is 13.0 Å². The van der Waals surface area contributed by atoms with Crippen molar-refractivity contribution in [3.8, 4) is 5.75 Å². The SMILES string of the molecule is C[C@H]1CN(CC[C@]2(O)CC[C@@H](NC(=O)c3cc4c(OCc5coc6cc(F)ccc56)cccc4[nH]3)CC2)CC[C@@H]1O. The molecule has 3 heterocycles. The average molecular weight is 564 g/mol. The number of aromatic nitrogens is 1. The van der Waals surface area contributed by atoms with Crippen LogP contribution in [0.3, 0.4) is 0 Å². The summed E-state index contributed by atoms with van der Waals surface area (Å²) >= 11 is 0. The maximum absolute atomic E-state index is 13.5. The van der Waals surface area contributed by atoms with Crippen LogP contribution in [0.1, 0.15) is 61.5 Å². The number of fused-ring (bicyclic) bond motifs is 2. The van der Waals surface area contributed by atoms with Gasteiger partial charge in [0.05, 0.1) is 18.0 Å².